The van der Waals surface area contributed by atoms with Gasteiger partial charge >= 0.3 is 5.97 Å². The number of carbonyl (C=O) groups excluding carboxylic acids is 1. The van der Waals surface area contributed by atoms with E-state index in [2.05, 4.69) is 4.74 Å². The number of benzene rings is 1. The second kappa shape index (κ2) is 5.61. The van der Waals surface area contributed by atoms with Gasteiger partial charge in [0, 0.05) is 5.92 Å². The number of aryl methyl sites for hydroxylation is 1. The maximum absolute atomic E-state index is 13.6. The van der Waals surface area contributed by atoms with Crippen LogP contribution in [0.15, 0.2) is 18.2 Å². The van der Waals surface area contributed by atoms with Gasteiger partial charge in [0.1, 0.15) is 5.82 Å². The highest BCUT2D eigenvalue weighted by Gasteiger charge is 2.18. The Balaban J connectivity index is 2.94. The molecule has 88 valence electrons. The number of rotatable bonds is 4. The minimum atomic E-state index is -0.378. The van der Waals surface area contributed by atoms with Crippen molar-refractivity contribution in [2.75, 3.05) is 13.7 Å². The molecule has 1 aromatic carbocycles. The van der Waals surface area contributed by atoms with Crippen molar-refractivity contribution >= 4 is 5.97 Å². The highest BCUT2D eigenvalue weighted by atomic mass is 19.1. The molecule has 0 bridgehead atoms. The average Bonchev–Trinajstić information content (AvgIpc) is 2.29. The zero-order valence-corrected chi connectivity index (χ0v) is 9.50. The summed E-state index contributed by atoms with van der Waals surface area (Å²) in [6.07, 6.45) is 0.105. The lowest BCUT2D eigenvalue weighted by Crippen LogP contribution is -2.18. The van der Waals surface area contributed by atoms with Crippen molar-refractivity contribution in [1.29, 1.82) is 0 Å². The molecule has 16 heavy (non-hydrogen) atoms. The third-order valence-electron chi connectivity index (χ3n) is 2.52. The Kier molecular flexibility index (Phi) is 4.43. The van der Waals surface area contributed by atoms with Gasteiger partial charge < -0.3 is 10.5 Å². The zero-order valence-electron chi connectivity index (χ0n) is 9.50. The molecule has 0 spiro atoms. The van der Waals surface area contributed by atoms with Crippen LogP contribution in [-0.2, 0) is 9.53 Å². The zero-order chi connectivity index (χ0) is 12.1. The Morgan fingerprint density at radius 1 is 1.56 bits per heavy atom. The van der Waals surface area contributed by atoms with Crippen LogP contribution >= 0.6 is 0 Å². The van der Waals surface area contributed by atoms with E-state index >= 15 is 0 Å². The Morgan fingerprint density at radius 2 is 2.25 bits per heavy atom. The van der Waals surface area contributed by atoms with E-state index in [1.165, 1.54) is 13.2 Å². The summed E-state index contributed by atoms with van der Waals surface area (Å²) in [5.41, 5.74) is 6.98. The Morgan fingerprint density at radius 3 is 2.81 bits per heavy atom. The number of carbonyl (C=O) groups is 1. The summed E-state index contributed by atoms with van der Waals surface area (Å²) in [7, 11) is 1.31. The monoisotopic (exact) mass is 225 g/mol. The van der Waals surface area contributed by atoms with E-state index in [0.29, 0.717) is 5.56 Å². The molecular weight excluding hydrogens is 209 g/mol. The molecule has 0 aliphatic heterocycles. The molecule has 1 rings (SSSR count). The smallest absolute Gasteiger partial charge is 0.306 e. The van der Waals surface area contributed by atoms with Crippen molar-refractivity contribution in [2.24, 2.45) is 5.73 Å². The predicted molar refractivity (Wildman–Crippen MR) is 59.6 cm³/mol. The molecule has 1 atom stereocenters. The first-order valence-electron chi connectivity index (χ1n) is 5.11. The maximum atomic E-state index is 13.6. The number of hydrogen-bond donors (Lipinski definition) is 1. The topological polar surface area (TPSA) is 52.3 Å². The van der Waals surface area contributed by atoms with E-state index in [9.17, 15) is 9.18 Å². The number of methoxy groups -OCH3 is 1. The molecule has 3 nitrogen and oxygen atoms in total. The fourth-order valence-corrected chi connectivity index (χ4v) is 1.58. The standard InChI is InChI=1S/C12H16FNO2/c1-8-3-4-11(13)10(5-8)9(7-14)6-12(15)16-2/h3-5,9H,6-7,14H2,1-2H3. The highest BCUT2D eigenvalue weighted by molar-refractivity contribution is 5.70. The third-order valence-corrected chi connectivity index (χ3v) is 2.52. The van der Waals surface area contributed by atoms with Crippen LogP contribution in [0.3, 0.4) is 0 Å². The van der Waals surface area contributed by atoms with Crippen molar-refractivity contribution in [3.8, 4) is 0 Å². The van der Waals surface area contributed by atoms with Gasteiger partial charge in [0.15, 0.2) is 0 Å². The molecule has 4 heteroatoms. The van der Waals surface area contributed by atoms with E-state index in [0.717, 1.165) is 5.56 Å². The third kappa shape index (κ3) is 3.03. The van der Waals surface area contributed by atoms with Gasteiger partial charge in [-0.2, -0.15) is 0 Å². The summed E-state index contributed by atoms with van der Waals surface area (Å²) in [5, 5.41) is 0. The molecule has 0 heterocycles. The second-order valence-electron chi connectivity index (χ2n) is 3.74. The van der Waals surface area contributed by atoms with Gasteiger partial charge in [-0.05, 0) is 25.1 Å². The Bertz CT molecular complexity index is 379. The minimum absolute atomic E-state index is 0.105. The van der Waals surface area contributed by atoms with Crippen molar-refractivity contribution in [3.05, 3.63) is 35.1 Å². The van der Waals surface area contributed by atoms with E-state index < -0.39 is 0 Å². The van der Waals surface area contributed by atoms with Crippen LogP contribution in [0.1, 0.15) is 23.5 Å². The normalized spacial score (nSPS) is 12.2. The SMILES string of the molecule is COC(=O)CC(CN)c1cc(C)ccc1F. The Labute approximate surface area is 94.4 Å². The van der Waals surface area contributed by atoms with Crippen molar-refractivity contribution in [2.45, 2.75) is 19.3 Å². The van der Waals surface area contributed by atoms with E-state index in [1.54, 1.807) is 12.1 Å². The molecule has 0 aromatic heterocycles. The highest BCUT2D eigenvalue weighted by Crippen LogP contribution is 2.23. The second-order valence-corrected chi connectivity index (χ2v) is 3.74. The summed E-state index contributed by atoms with van der Waals surface area (Å²) in [4.78, 5) is 11.2. The van der Waals surface area contributed by atoms with Gasteiger partial charge in [-0.15, -0.1) is 0 Å². The molecule has 0 saturated carbocycles. The summed E-state index contributed by atoms with van der Waals surface area (Å²) in [6, 6.07) is 4.80. The van der Waals surface area contributed by atoms with Gasteiger partial charge in [0.05, 0.1) is 13.5 Å². The van der Waals surface area contributed by atoms with Crippen LogP contribution < -0.4 is 5.73 Å². The average molecular weight is 225 g/mol. The molecule has 0 amide bonds. The first kappa shape index (κ1) is 12.6. The maximum Gasteiger partial charge on any atom is 0.306 e. The quantitative estimate of drug-likeness (QED) is 0.794. The van der Waals surface area contributed by atoms with Crippen LogP contribution in [0.5, 0.6) is 0 Å². The number of esters is 1. The first-order valence-corrected chi connectivity index (χ1v) is 5.11. The molecule has 0 aliphatic rings. The van der Waals surface area contributed by atoms with Crippen LogP contribution in [-0.4, -0.2) is 19.6 Å². The Hall–Kier alpha value is -1.42. The van der Waals surface area contributed by atoms with Crippen LogP contribution in [0, 0.1) is 12.7 Å². The van der Waals surface area contributed by atoms with Crippen LogP contribution in [0.25, 0.3) is 0 Å². The fourth-order valence-electron chi connectivity index (χ4n) is 1.58. The van der Waals surface area contributed by atoms with Crippen molar-refractivity contribution in [3.63, 3.8) is 0 Å². The lowest BCUT2D eigenvalue weighted by atomic mass is 9.94. The summed E-state index contributed by atoms with van der Waals surface area (Å²) in [5.74, 6) is -1.03. The van der Waals surface area contributed by atoms with Crippen LogP contribution in [0.4, 0.5) is 4.39 Å². The van der Waals surface area contributed by atoms with E-state index in [1.807, 2.05) is 6.92 Å². The number of halogens is 1. The molecule has 0 aliphatic carbocycles. The first-order chi connectivity index (χ1) is 7.58. The molecule has 1 unspecified atom stereocenters. The van der Waals surface area contributed by atoms with Gasteiger partial charge in [0.2, 0.25) is 0 Å². The summed E-state index contributed by atoms with van der Waals surface area (Å²) < 4.78 is 18.1. The molecule has 0 radical (unpaired) electrons. The lowest BCUT2D eigenvalue weighted by Gasteiger charge is -2.15. The number of nitrogens with two attached hydrogens (primary N) is 1. The largest absolute Gasteiger partial charge is 0.469 e. The molecule has 0 saturated heterocycles. The van der Waals surface area contributed by atoms with Gasteiger partial charge in [-0.25, -0.2) is 4.39 Å². The van der Waals surface area contributed by atoms with Crippen LogP contribution in [0.2, 0.25) is 0 Å². The molecule has 1 aromatic rings. The number of hydrogen-bond acceptors (Lipinski definition) is 3. The molecule has 0 fully saturated rings. The van der Waals surface area contributed by atoms with E-state index in [4.69, 9.17) is 5.73 Å². The minimum Gasteiger partial charge on any atom is -0.469 e. The number of ether oxygens (including phenoxy) is 1. The van der Waals surface area contributed by atoms with E-state index in [-0.39, 0.29) is 30.7 Å². The molecule has 2 N–H and O–H groups in total. The summed E-state index contributed by atoms with van der Waals surface area (Å²) in [6.45, 7) is 2.09. The van der Waals surface area contributed by atoms with Gasteiger partial charge in [0.25, 0.3) is 0 Å². The summed E-state index contributed by atoms with van der Waals surface area (Å²) >= 11 is 0. The van der Waals surface area contributed by atoms with Crippen molar-refractivity contribution < 1.29 is 13.9 Å². The lowest BCUT2D eigenvalue weighted by molar-refractivity contribution is -0.141. The fraction of sp³-hybridized carbons (Fsp3) is 0.417. The van der Waals surface area contributed by atoms with Crippen molar-refractivity contribution in [1.82, 2.24) is 0 Å². The molecular formula is C12H16FNO2. The van der Waals surface area contributed by atoms with Gasteiger partial charge in [-0.3, -0.25) is 4.79 Å². The van der Waals surface area contributed by atoms with Gasteiger partial charge in [-0.1, -0.05) is 17.7 Å². The predicted octanol–water partition coefficient (Wildman–Crippen LogP) is 1.74.